The highest BCUT2D eigenvalue weighted by molar-refractivity contribution is 6.30. The van der Waals surface area contributed by atoms with Crippen LogP contribution in [-0.2, 0) is 20.7 Å². The zero-order valence-corrected chi connectivity index (χ0v) is 16.6. The molecule has 0 unspecified atom stereocenters. The number of anilines is 2. The number of benzene rings is 2. The van der Waals surface area contributed by atoms with Gasteiger partial charge in [0.25, 0.3) is 11.6 Å². The molecule has 11 heteroatoms. The first-order valence-corrected chi connectivity index (χ1v) is 9.90. The highest BCUT2D eigenvalue weighted by Gasteiger charge is 2.63. The first-order chi connectivity index (χ1) is 15.3. The molecule has 2 saturated heterocycles. The number of rotatable bonds is 2. The number of nitro benzene ring substituents is 1. The normalized spacial score (nSPS) is 24.8. The van der Waals surface area contributed by atoms with Crippen LogP contribution < -0.4 is 15.1 Å². The molecular weight excluding hydrogens is 423 g/mol. The summed E-state index contributed by atoms with van der Waals surface area (Å²) in [5.74, 6) is -2.12. The Hall–Kier alpha value is -3.86. The van der Waals surface area contributed by atoms with Crippen LogP contribution in [0.4, 0.5) is 26.2 Å². The lowest BCUT2D eigenvalue weighted by Gasteiger charge is -2.53. The quantitative estimate of drug-likeness (QED) is 0.429. The smallest absolute Gasteiger partial charge is 0.335 e. The summed E-state index contributed by atoms with van der Waals surface area (Å²) in [5, 5.41) is 13.6. The van der Waals surface area contributed by atoms with Gasteiger partial charge in [-0.3, -0.25) is 25.0 Å². The van der Waals surface area contributed by atoms with Crippen molar-refractivity contribution < 1.29 is 28.4 Å². The number of urea groups is 1. The predicted molar refractivity (Wildman–Crippen MR) is 109 cm³/mol. The number of amides is 4. The standard InChI is InChI=1S/C21H17FN4O6/c22-13-1-3-14(4-2-13)25-19(28)21(18(27)23-20(25)29)10-12-9-15(26(30)31)5-6-16(12)24-7-8-32-11-17(21)24/h1-6,9,17H,7-8,10-11H2,(H,23,27,29)/t17-,21+/m0/s1. The summed E-state index contributed by atoms with van der Waals surface area (Å²) in [4.78, 5) is 53.1. The molecule has 0 saturated carbocycles. The fourth-order valence-electron chi connectivity index (χ4n) is 4.75. The van der Waals surface area contributed by atoms with E-state index in [4.69, 9.17) is 4.74 Å². The van der Waals surface area contributed by atoms with E-state index in [2.05, 4.69) is 5.32 Å². The van der Waals surface area contributed by atoms with Crippen LogP contribution in [0.25, 0.3) is 0 Å². The van der Waals surface area contributed by atoms with Gasteiger partial charge in [-0.05, 0) is 35.9 Å². The molecule has 0 radical (unpaired) electrons. The van der Waals surface area contributed by atoms with E-state index in [0.717, 1.165) is 17.0 Å². The Bertz CT molecular complexity index is 1170. The number of ether oxygens (including phenoxy) is 1. The van der Waals surface area contributed by atoms with Crippen LogP contribution in [0.1, 0.15) is 5.56 Å². The van der Waals surface area contributed by atoms with Crippen molar-refractivity contribution in [3.8, 4) is 0 Å². The molecule has 0 aliphatic carbocycles. The maximum atomic E-state index is 13.8. The van der Waals surface area contributed by atoms with Gasteiger partial charge in [-0.25, -0.2) is 14.1 Å². The molecule has 3 aliphatic rings. The second-order valence-electron chi connectivity index (χ2n) is 7.88. The van der Waals surface area contributed by atoms with E-state index in [1.54, 1.807) is 6.07 Å². The molecule has 32 heavy (non-hydrogen) atoms. The van der Waals surface area contributed by atoms with Crippen molar-refractivity contribution >= 4 is 34.9 Å². The first kappa shape index (κ1) is 20.1. The summed E-state index contributed by atoms with van der Waals surface area (Å²) in [6, 6.07) is 7.41. The molecule has 1 spiro atoms. The van der Waals surface area contributed by atoms with E-state index in [1.807, 2.05) is 4.90 Å². The number of hydrogen-bond donors (Lipinski definition) is 1. The van der Waals surface area contributed by atoms with Crippen molar-refractivity contribution in [1.82, 2.24) is 5.32 Å². The predicted octanol–water partition coefficient (Wildman–Crippen LogP) is 1.76. The van der Waals surface area contributed by atoms with Crippen molar-refractivity contribution in [2.24, 2.45) is 5.41 Å². The molecule has 2 atom stereocenters. The third kappa shape index (κ3) is 2.78. The van der Waals surface area contributed by atoms with E-state index in [-0.39, 0.29) is 24.4 Å². The van der Waals surface area contributed by atoms with Gasteiger partial charge in [0, 0.05) is 30.8 Å². The van der Waals surface area contributed by atoms with Gasteiger partial charge >= 0.3 is 6.03 Å². The summed E-state index contributed by atoms with van der Waals surface area (Å²) < 4.78 is 19.0. The van der Waals surface area contributed by atoms with Crippen molar-refractivity contribution in [2.75, 3.05) is 29.6 Å². The molecular formula is C21H17FN4O6. The van der Waals surface area contributed by atoms with Crippen molar-refractivity contribution in [1.29, 1.82) is 0 Å². The van der Waals surface area contributed by atoms with Crippen LogP contribution in [0.2, 0.25) is 0 Å². The number of carbonyl (C=O) groups is 3. The molecule has 0 aromatic heterocycles. The number of halogens is 1. The van der Waals surface area contributed by atoms with Gasteiger partial charge in [-0.1, -0.05) is 0 Å². The second kappa shape index (κ2) is 7.09. The number of nitrogens with one attached hydrogen (secondary N) is 1. The average Bonchev–Trinajstić information content (AvgIpc) is 2.78. The fraction of sp³-hybridized carbons (Fsp3) is 0.286. The molecule has 10 nitrogen and oxygen atoms in total. The van der Waals surface area contributed by atoms with Crippen LogP contribution in [0.15, 0.2) is 42.5 Å². The molecule has 1 N–H and O–H groups in total. The topological polar surface area (TPSA) is 122 Å². The maximum absolute atomic E-state index is 13.8. The van der Waals surface area contributed by atoms with E-state index in [1.165, 1.54) is 24.3 Å². The summed E-state index contributed by atoms with van der Waals surface area (Å²) in [7, 11) is 0. The van der Waals surface area contributed by atoms with Gasteiger partial charge < -0.3 is 9.64 Å². The Morgan fingerprint density at radius 3 is 2.62 bits per heavy atom. The number of carbonyl (C=O) groups excluding carboxylic acids is 3. The van der Waals surface area contributed by atoms with Gasteiger partial charge in [-0.15, -0.1) is 0 Å². The third-order valence-electron chi connectivity index (χ3n) is 6.25. The van der Waals surface area contributed by atoms with E-state index < -0.39 is 40.0 Å². The van der Waals surface area contributed by atoms with Gasteiger partial charge in [-0.2, -0.15) is 0 Å². The number of imide groups is 2. The number of non-ortho nitro benzene ring substituents is 1. The third-order valence-corrected chi connectivity index (χ3v) is 6.25. The van der Waals surface area contributed by atoms with Crippen molar-refractivity contribution in [3.63, 3.8) is 0 Å². The monoisotopic (exact) mass is 440 g/mol. The maximum Gasteiger partial charge on any atom is 0.335 e. The molecule has 3 aliphatic heterocycles. The Balaban J connectivity index is 1.66. The number of hydrogen-bond acceptors (Lipinski definition) is 7. The van der Waals surface area contributed by atoms with Gasteiger partial charge in [0.05, 0.1) is 29.9 Å². The summed E-state index contributed by atoms with van der Waals surface area (Å²) in [5.41, 5.74) is -0.686. The number of barbiturate groups is 1. The van der Waals surface area contributed by atoms with Crippen molar-refractivity contribution in [2.45, 2.75) is 12.5 Å². The number of morpholine rings is 1. The number of nitro groups is 1. The van der Waals surface area contributed by atoms with E-state index in [9.17, 15) is 28.9 Å². The second-order valence-corrected chi connectivity index (χ2v) is 7.88. The van der Waals surface area contributed by atoms with Crippen LogP contribution in [-0.4, -0.2) is 48.6 Å². The van der Waals surface area contributed by atoms with Gasteiger partial charge in [0.2, 0.25) is 5.91 Å². The van der Waals surface area contributed by atoms with Crippen LogP contribution in [0.3, 0.4) is 0 Å². The number of fused-ring (bicyclic) bond motifs is 4. The Labute approximate surface area is 180 Å². The Morgan fingerprint density at radius 2 is 1.91 bits per heavy atom. The molecule has 3 heterocycles. The zero-order chi connectivity index (χ0) is 22.6. The Kier molecular flexibility index (Phi) is 4.45. The number of nitrogens with zero attached hydrogens (tertiary/aromatic N) is 3. The minimum Gasteiger partial charge on any atom is -0.377 e. The molecule has 164 valence electrons. The molecule has 4 amide bonds. The largest absolute Gasteiger partial charge is 0.377 e. The SMILES string of the molecule is O=C1NC(=O)[C@]2(Cc3cc([N+](=O)[O-])ccc3N3CCOC[C@H]32)C(=O)N1c1ccc(F)cc1. The molecule has 5 rings (SSSR count). The fourth-order valence-corrected chi connectivity index (χ4v) is 4.75. The molecule has 2 aromatic carbocycles. The highest BCUT2D eigenvalue weighted by atomic mass is 19.1. The van der Waals surface area contributed by atoms with Crippen molar-refractivity contribution in [3.05, 3.63) is 64.0 Å². The summed E-state index contributed by atoms with van der Waals surface area (Å²) in [6.45, 7) is 0.767. The Morgan fingerprint density at radius 1 is 1.16 bits per heavy atom. The molecule has 0 bridgehead atoms. The first-order valence-electron chi connectivity index (χ1n) is 9.90. The van der Waals surface area contributed by atoms with E-state index >= 15 is 0 Å². The van der Waals surface area contributed by atoms with Gasteiger partial charge in [0.15, 0.2) is 5.41 Å². The van der Waals surface area contributed by atoms with Crippen LogP contribution in [0.5, 0.6) is 0 Å². The van der Waals surface area contributed by atoms with Crippen LogP contribution >= 0.6 is 0 Å². The molecule has 2 aromatic rings. The lowest BCUT2D eigenvalue weighted by Crippen LogP contribution is -2.74. The minimum atomic E-state index is -1.76. The average molecular weight is 440 g/mol. The highest BCUT2D eigenvalue weighted by Crippen LogP contribution is 2.46. The summed E-state index contributed by atoms with van der Waals surface area (Å²) >= 11 is 0. The minimum absolute atomic E-state index is 0.0566. The summed E-state index contributed by atoms with van der Waals surface area (Å²) in [6.07, 6.45) is -0.149. The molecule has 2 fully saturated rings. The lowest BCUT2D eigenvalue weighted by atomic mass is 9.68. The lowest BCUT2D eigenvalue weighted by molar-refractivity contribution is -0.384. The van der Waals surface area contributed by atoms with Crippen LogP contribution in [0, 0.1) is 21.3 Å². The van der Waals surface area contributed by atoms with E-state index in [0.29, 0.717) is 24.4 Å². The zero-order valence-electron chi connectivity index (χ0n) is 16.6. The van der Waals surface area contributed by atoms with Gasteiger partial charge in [0.1, 0.15) is 5.82 Å².